The fourth-order valence-electron chi connectivity index (χ4n) is 2.87. The number of aliphatic hydroxyl groups is 1. The van der Waals surface area contributed by atoms with E-state index in [9.17, 15) is 4.39 Å². The third-order valence-electron chi connectivity index (χ3n) is 4.23. The van der Waals surface area contributed by atoms with E-state index in [0.29, 0.717) is 30.0 Å². The molecule has 0 aliphatic rings. The Labute approximate surface area is 160 Å². The van der Waals surface area contributed by atoms with Crippen molar-refractivity contribution >= 4 is 0 Å². The molecule has 0 amide bonds. The predicted octanol–water partition coefficient (Wildman–Crippen LogP) is 3.65. The van der Waals surface area contributed by atoms with Crippen LogP contribution in [0.3, 0.4) is 0 Å². The van der Waals surface area contributed by atoms with Gasteiger partial charge in [-0.2, -0.15) is 10.2 Å². The molecule has 7 nitrogen and oxygen atoms in total. The second kappa shape index (κ2) is 8.01. The molecule has 28 heavy (non-hydrogen) atoms. The Morgan fingerprint density at radius 2 is 2.00 bits per heavy atom. The molecule has 3 aromatic heterocycles. The lowest BCUT2D eigenvalue weighted by molar-refractivity contribution is 0.277. The highest BCUT2D eigenvalue weighted by Gasteiger charge is 2.16. The van der Waals surface area contributed by atoms with Gasteiger partial charge in [-0.15, -0.1) is 0 Å². The molecule has 8 heteroatoms. The zero-order valence-electron chi connectivity index (χ0n) is 14.9. The van der Waals surface area contributed by atoms with Crippen molar-refractivity contribution in [1.29, 1.82) is 0 Å². The van der Waals surface area contributed by atoms with Crippen molar-refractivity contribution in [2.24, 2.45) is 0 Å². The van der Waals surface area contributed by atoms with Crippen LogP contribution in [0.5, 0.6) is 11.6 Å². The fraction of sp³-hybridized carbons (Fsp3) is 0.150. The molecule has 3 heterocycles. The summed E-state index contributed by atoms with van der Waals surface area (Å²) in [5.74, 6) is -0.218. The Morgan fingerprint density at radius 1 is 1.11 bits per heavy atom. The summed E-state index contributed by atoms with van der Waals surface area (Å²) in [5, 5.41) is 19.9. The first-order valence-corrected chi connectivity index (χ1v) is 8.81. The quantitative estimate of drug-likeness (QED) is 0.512. The van der Waals surface area contributed by atoms with Gasteiger partial charge in [0.15, 0.2) is 5.82 Å². The molecule has 142 valence electrons. The number of para-hydroxylation sites is 1. The molecule has 0 saturated heterocycles. The van der Waals surface area contributed by atoms with Crippen molar-refractivity contribution in [3.63, 3.8) is 0 Å². The SMILES string of the molecule is OCCCn1cc(-c2ccccc2Oc2nccc(-c3ccn[nH]3)c2F)cn1. The van der Waals surface area contributed by atoms with Crippen molar-refractivity contribution < 1.29 is 14.2 Å². The number of benzene rings is 1. The number of aryl methyl sites for hydroxylation is 1. The predicted molar refractivity (Wildman–Crippen MR) is 101 cm³/mol. The fourth-order valence-corrected chi connectivity index (χ4v) is 2.87. The van der Waals surface area contributed by atoms with Crippen LogP contribution in [-0.2, 0) is 6.54 Å². The van der Waals surface area contributed by atoms with Crippen LogP contribution in [0.2, 0.25) is 0 Å². The first-order chi connectivity index (χ1) is 13.8. The molecular formula is C20H18FN5O2. The largest absolute Gasteiger partial charge is 0.436 e. The number of ether oxygens (including phenoxy) is 1. The van der Waals surface area contributed by atoms with Gasteiger partial charge < -0.3 is 9.84 Å². The number of nitrogens with one attached hydrogen (secondary N) is 1. The van der Waals surface area contributed by atoms with Crippen LogP contribution in [-0.4, -0.2) is 36.7 Å². The maximum absolute atomic E-state index is 14.9. The topological polar surface area (TPSA) is 88.9 Å². The van der Waals surface area contributed by atoms with Gasteiger partial charge in [0.1, 0.15) is 5.75 Å². The smallest absolute Gasteiger partial charge is 0.256 e. The summed E-state index contributed by atoms with van der Waals surface area (Å²) in [5.41, 5.74) is 2.48. The zero-order chi connectivity index (χ0) is 19.3. The monoisotopic (exact) mass is 379 g/mol. The minimum Gasteiger partial charge on any atom is -0.436 e. The lowest BCUT2D eigenvalue weighted by Crippen LogP contribution is -1.99. The van der Waals surface area contributed by atoms with E-state index in [1.807, 2.05) is 24.4 Å². The van der Waals surface area contributed by atoms with E-state index in [4.69, 9.17) is 9.84 Å². The minimum absolute atomic E-state index is 0.104. The van der Waals surface area contributed by atoms with E-state index in [0.717, 1.165) is 11.1 Å². The highest BCUT2D eigenvalue weighted by atomic mass is 19.1. The Hall–Kier alpha value is -3.52. The Bertz CT molecular complexity index is 1060. The molecule has 0 aliphatic heterocycles. The second-order valence-corrected chi connectivity index (χ2v) is 6.12. The highest BCUT2D eigenvalue weighted by molar-refractivity contribution is 5.70. The summed E-state index contributed by atoms with van der Waals surface area (Å²) in [7, 11) is 0. The second-order valence-electron chi connectivity index (χ2n) is 6.12. The number of nitrogens with zero attached hydrogens (tertiary/aromatic N) is 4. The van der Waals surface area contributed by atoms with Gasteiger partial charge in [0, 0.05) is 48.4 Å². The molecule has 4 rings (SSSR count). The van der Waals surface area contributed by atoms with Crippen LogP contribution in [0.1, 0.15) is 6.42 Å². The molecule has 4 aromatic rings. The van der Waals surface area contributed by atoms with Gasteiger partial charge in [-0.3, -0.25) is 9.78 Å². The third kappa shape index (κ3) is 3.63. The number of halogens is 1. The van der Waals surface area contributed by atoms with Crippen LogP contribution in [0.4, 0.5) is 4.39 Å². The molecule has 0 saturated carbocycles. The number of aromatic nitrogens is 5. The van der Waals surface area contributed by atoms with E-state index in [1.165, 1.54) is 6.20 Å². The maximum atomic E-state index is 14.9. The third-order valence-corrected chi connectivity index (χ3v) is 4.23. The molecule has 0 atom stereocenters. The standard InChI is InChI=1S/C20H18FN5O2/c21-19-16(17-7-9-23-25-17)6-8-22-20(19)28-18-5-2-1-4-15(18)14-12-24-26(13-14)10-3-11-27/h1-2,4-9,12-13,27H,3,10-11H2,(H,23,25). The van der Waals surface area contributed by atoms with Crippen molar-refractivity contribution in [3.05, 3.63) is 67.0 Å². The van der Waals surface area contributed by atoms with E-state index >= 15 is 0 Å². The zero-order valence-corrected chi connectivity index (χ0v) is 14.9. The van der Waals surface area contributed by atoms with Gasteiger partial charge >= 0.3 is 0 Å². The van der Waals surface area contributed by atoms with E-state index in [2.05, 4.69) is 20.3 Å². The van der Waals surface area contributed by atoms with Crippen molar-refractivity contribution in [2.45, 2.75) is 13.0 Å². The summed E-state index contributed by atoms with van der Waals surface area (Å²) in [6, 6.07) is 10.6. The van der Waals surface area contributed by atoms with Gasteiger partial charge in [0.25, 0.3) is 5.88 Å². The number of rotatable bonds is 7. The average molecular weight is 379 g/mol. The minimum atomic E-state index is -0.569. The summed E-state index contributed by atoms with van der Waals surface area (Å²) in [6.07, 6.45) is 7.24. The van der Waals surface area contributed by atoms with Crippen LogP contribution in [0, 0.1) is 5.82 Å². The van der Waals surface area contributed by atoms with Crippen LogP contribution >= 0.6 is 0 Å². The number of H-pyrrole nitrogens is 1. The first-order valence-electron chi connectivity index (χ1n) is 8.81. The summed E-state index contributed by atoms with van der Waals surface area (Å²) >= 11 is 0. The van der Waals surface area contributed by atoms with Gasteiger partial charge in [-0.05, 0) is 24.6 Å². The summed E-state index contributed by atoms with van der Waals surface area (Å²) in [6.45, 7) is 0.717. The Morgan fingerprint density at radius 3 is 2.82 bits per heavy atom. The van der Waals surface area contributed by atoms with Crippen LogP contribution in [0.15, 0.2) is 61.2 Å². The summed E-state index contributed by atoms with van der Waals surface area (Å²) in [4.78, 5) is 4.04. The van der Waals surface area contributed by atoms with Gasteiger partial charge in [0.05, 0.1) is 11.9 Å². The first kappa shape index (κ1) is 17.9. The number of hydrogen-bond donors (Lipinski definition) is 2. The van der Waals surface area contributed by atoms with E-state index < -0.39 is 5.82 Å². The molecule has 0 spiro atoms. The molecule has 0 bridgehead atoms. The molecule has 0 unspecified atom stereocenters. The van der Waals surface area contributed by atoms with E-state index in [1.54, 1.807) is 35.3 Å². The average Bonchev–Trinajstić information content (AvgIpc) is 3.41. The molecular weight excluding hydrogens is 361 g/mol. The van der Waals surface area contributed by atoms with Gasteiger partial charge in [0.2, 0.25) is 0 Å². The van der Waals surface area contributed by atoms with Gasteiger partial charge in [-0.25, -0.2) is 9.37 Å². The molecule has 2 N–H and O–H groups in total. The van der Waals surface area contributed by atoms with Crippen LogP contribution in [0.25, 0.3) is 22.4 Å². The number of hydrogen-bond acceptors (Lipinski definition) is 5. The molecule has 0 aliphatic carbocycles. The highest BCUT2D eigenvalue weighted by Crippen LogP contribution is 2.35. The summed E-state index contributed by atoms with van der Waals surface area (Å²) < 4.78 is 22.5. The number of aromatic amines is 1. The lowest BCUT2D eigenvalue weighted by atomic mass is 10.1. The van der Waals surface area contributed by atoms with Crippen molar-refractivity contribution in [2.75, 3.05) is 6.61 Å². The lowest BCUT2D eigenvalue weighted by Gasteiger charge is -2.11. The molecule has 0 fully saturated rings. The Kier molecular flexibility index (Phi) is 5.11. The molecule has 1 aromatic carbocycles. The Balaban J connectivity index is 1.65. The molecule has 0 radical (unpaired) electrons. The maximum Gasteiger partial charge on any atom is 0.256 e. The van der Waals surface area contributed by atoms with Crippen LogP contribution < -0.4 is 4.74 Å². The number of pyridine rings is 1. The van der Waals surface area contributed by atoms with Gasteiger partial charge in [-0.1, -0.05) is 18.2 Å². The normalized spacial score (nSPS) is 10.9. The van der Waals surface area contributed by atoms with Crippen molar-refractivity contribution in [3.8, 4) is 34.0 Å². The number of aliphatic hydroxyl groups excluding tert-OH is 1. The van der Waals surface area contributed by atoms with E-state index in [-0.39, 0.29) is 12.5 Å². The van der Waals surface area contributed by atoms with Crippen molar-refractivity contribution in [1.82, 2.24) is 25.0 Å².